The second-order valence-corrected chi connectivity index (χ2v) is 6.88. The number of anilines is 2. The Balaban J connectivity index is 1.82. The maximum atomic E-state index is 4.81. The van der Waals surface area contributed by atoms with E-state index in [4.69, 9.17) is 4.98 Å². The van der Waals surface area contributed by atoms with Crippen LogP contribution < -0.4 is 10.2 Å². The first-order valence-electron chi connectivity index (χ1n) is 7.68. The van der Waals surface area contributed by atoms with Gasteiger partial charge in [0.2, 0.25) is 0 Å². The number of hydrogen-bond donors (Lipinski definition) is 1. The third kappa shape index (κ3) is 3.27. The Bertz CT molecular complexity index is 618. The molecule has 112 valence electrons. The number of benzene rings is 1. The molecule has 4 heteroatoms. The minimum atomic E-state index is 0.494. The van der Waals surface area contributed by atoms with Crippen LogP contribution in [-0.2, 0) is 13.0 Å². The van der Waals surface area contributed by atoms with Crippen LogP contribution in [0.2, 0.25) is 0 Å². The zero-order valence-electron chi connectivity index (χ0n) is 13.0. The van der Waals surface area contributed by atoms with Crippen molar-refractivity contribution in [3.8, 4) is 0 Å². The van der Waals surface area contributed by atoms with E-state index in [1.165, 1.54) is 29.7 Å². The van der Waals surface area contributed by atoms with Crippen molar-refractivity contribution in [1.82, 2.24) is 10.3 Å². The van der Waals surface area contributed by atoms with Crippen LogP contribution in [0, 0.1) is 6.92 Å². The van der Waals surface area contributed by atoms with Gasteiger partial charge in [-0.2, -0.15) is 0 Å². The third-order valence-electron chi connectivity index (χ3n) is 3.82. The summed E-state index contributed by atoms with van der Waals surface area (Å²) < 4.78 is 0. The molecule has 0 saturated heterocycles. The van der Waals surface area contributed by atoms with E-state index in [1.54, 1.807) is 11.3 Å². The Morgan fingerprint density at radius 3 is 3.05 bits per heavy atom. The van der Waals surface area contributed by atoms with Gasteiger partial charge in [-0.05, 0) is 31.4 Å². The normalized spacial score (nSPS) is 14.6. The molecule has 0 unspecified atom stereocenters. The van der Waals surface area contributed by atoms with Gasteiger partial charge in [-0.15, -0.1) is 11.3 Å². The zero-order valence-corrected chi connectivity index (χ0v) is 13.8. The van der Waals surface area contributed by atoms with Gasteiger partial charge in [-0.1, -0.05) is 31.5 Å². The maximum Gasteiger partial charge on any atom is 0.190 e. The Morgan fingerprint density at radius 2 is 2.24 bits per heavy atom. The molecule has 3 nitrogen and oxygen atoms in total. The highest BCUT2D eigenvalue weighted by atomic mass is 32.1. The largest absolute Gasteiger partial charge is 0.318 e. The lowest BCUT2D eigenvalue weighted by Gasteiger charge is -2.29. The summed E-state index contributed by atoms with van der Waals surface area (Å²) in [6, 6.07) is 7.26. The van der Waals surface area contributed by atoms with Crippen molar-refractivity contribution in [2.75, 3.05) is 11.4 Å². The molecule has 0 aliphatic carbocycles. The Kier molecular flexibility index (Phi) is 4.27. The molecule has 1 N–H and O–H groups in total. The van der Waals surface area contributed by atoms with Crippen LogP contribution in [0.15, 0.2) is 23.6 Å². The lowest BCUT2D eigenvalue weighted by atomic mass is 10.00. The number of nitrogens with one attached hydrogen (secondary N) is 1. The van der Waals surface area contributed by atoms with Crippen LogP contribution >= 0.6 is 11.3 Å². The van der Waals surface area contributed by atoms with E-state index in [-0.39, 0.29) is 0 Å². The molecule has 1 aromatic carbocycles. The average molecular weight is 301 g/mol. The highest BCUT2D eigenvalue weighted by Gasteiger charge is 2.20. The molecule has 0 atom stereocenters. The highest BCUT2D eigenvalue weighted by molar-refractivity contribution is 7.13. The van der Waals surface area contributed by atoms with Gasteiger partial charge in [0.15, 0.2) is 5.13 Å². The Hall–Kier alpha value is -1.39. The molecule has 0 bridgehead atoms. The molecule has 1 aliphatic heterocycles. The topological polar surface area (TPSA) is 28.2 Å². The van der Waals surface area contributed by atoms with Crippen LogP contribution in [0.3, 0.4) is 0 Å². The van der Waals surface area contributed by atoms with Crippen LogP contribution in [0.5, 0.6) is 0 Å². The predicted octanol–water partition coefficient (Wildman–Crippen LogP) is 4.03. The fraction of sp³-hybridized carbons (Fsp3) is 0.471. The van der Waals surface area contributed by atoms with Crippen molar-refractivity contribution in [2.45, 2.75) is 46.2 Å². The van der Waals surface area contributed by atoms with Gasteiger partial charge < -0.3 is 10.2 Å². The monoisotopic (exact) mass is 301 g/mol. The van der Waals surface area contributed by atoms with Crippen molar-refractivity contribution in [3.63, 3.8) is 0 Å². The molecule has 0 spiro atoms. The molecule has 0 saturated carbocycles. The summed E-state index contributed by atoms with van der Waals surface area (Å²) in [6.45, 7) is 8.41. The summed E-state index contributed by atoms with van der Waals surface area (Å²) in [4.78, 5) is 7.19. The number of fused-ring (bicyclic) bond motifs is 1. The van der Waals surface area contributed by atoms with Crippen molar-refractivity contribution in [1.29, 1.82) is 0 Å². The fourth-order valence-corrected chi connectivity index (χ4v) is 3.60. The van der Waals surface area contributed by atoms with Crippen LogP contribution in [0.1, 0.15) is 37.1 Å². The van der Waals surface area contributed by atoms with E-state index in [1.807, 2.05) is 0 Å². The van der Waals surface area contributed by atoms with Crippen LogP contribution in [0.25, 0.3) is 0 Å². The van der Waals surface area contributed by atoms with Gasteiger partial charge in [-0.3, -0.25) is 0 Å². The van der Waals surface area contributed by atoms with E-state index in [0.717, 1.165) is 23.9 Å². The average Bonchev–Trinajstić information content (AvgIpc) is 2.93. The van der Waals surface area contributed by atoms with Gasteiger partial charge in [-0.25, -0.2) is 4.98 Å². The number of aromatic nitrogens is 1. The number of rotatable bonds is 4. The standard InChI is InChI=1S/C17H23N3S/c1-12(2)18-10-15-11-21-17(19-15)20-8-4-5-14-9-13(3)6-7-16(14)20/h6-7,9,11-12,18H,4-5,8,10H2,1-3H3. The first-order chi connectivity index (χ1) is 10.1. The van der Waals surface area contributed by atoms with E-state index < -0.39 is 0 Å². The molecule has 3 rings (SSSR count). The first kappa shape index (κ1) is 14.5. The van der Waals surface area contributed by atoms with Crippen LogP contribution in [0.4, 0.5) is 10.8 Å². The smallest absolute Gasteiger partial charge is 0.190 e. The number of thiazole rings is 1. The molecule has 0 fully saturated rings. The van der Waals surface area contributed by atoms with Crippen molar-refractivity contribution in [2.24, 2.45) is 0 Å². The summed E-state index contributed by atoms with van der Waals surface area (Å²) in [5.74, 6) is 0. The number of aryl methyl sites for hydroxylation is 2. The molecule has 0 radical (unpaired) electrons. The molecular weight excluding hydrogens is 278 g/mol. The lowest BCUT2D eigenvalue weighted by molar-refractivity contribution is 0.583. The number of nitrogens with zero attached hydrogens (tertiary/aromatic N) is 2. The van der Waals surface area contributed by atoms with E-state index >= 15 is 0 Å². The Labute approximate surface area is 131 Å². The summed E-state index contributed by atoms with van der Waals surface area (Å²) in [6.07, 6.45) is 2.39. The molecule has 1 aliphatic rings. The van der Waals surface area contributed by atoms with Gasteiger partial charge in [0.1, 0.15) is 0 Å². The second kappa shape index (κ2) is 6.16. The van der Waals surface area contributed by atoms with Crippen molar-refractivity contribution in [3.05, 3.63) is 40.4 Å². The minimum absolute atomic E-state index is 0.494. The second-order valence-electron chi connectivity index (χ2n) is 6.04. The first-order valence-corrected chi connectivity index (χ1v) is 8.56. The zero-order chi connectivity index (χ0) is 14.8. The number of hydrogen-bond acceptors (Lipinski definition) is 4. The van der Waals surface area contributed by atoms with Gasteiger partial charge in [0.05, 0.1) is 5.69 Å². The summed E-state index contributed by atoms with van der Waals surface area (Å²) in [5.41, 5.74) is 5.28. The molecule has 0 amide bonds. The van der Waals surface area contributed by atoms with Crippen molar-refractivity contribution < 1.29 is 0 Å². The predicted molar refractivity (Wildman–Crippen MR) is 90.6 cm³/mol. The summed E-state index contributed by atoms with van der Waals surface area (Å²) >= 11 is 1.75. The van der Waals surface area contributed by atoms with Gasteiger partial charge >= 0.3 is 0 Å². The quantitative estimate of drug-likeness (QED) is 0.924. The maximum absolute atomic E-state index is 4.81. The third-order valence-corrected chi connectivity index (χ3v) is 4.73. The molecular formula is C17H23N3S. The van der Waals surface area contributed by atoms with E-state index in [2.05, 4.69) is 54.6 Å². The fourth-order valence-electron chi connectivity index (χ4n) is 2.73. The summed E-state index contributed by atoms with van der Waals surface area (Å²) in [7, 11) is 0. The molecule has 1 aromatic heterocycles. The highest BCUT2D eigenvalue weighted by Crippen LogP contribution is 2.35. The van der Waals surface area contributed by atoms with E-state index in [0.29, 0.717) is 6.04 Å². The SMILES string of the molecule is Cc1ccc2c(c1)CCCN2c1nc(CNC(C)C)cs1. The van der Waals surface area contributed by atoms with Gasteiger partial charge in [0, 0.05) is 30.2 Å². The molecule has 2 heterocycles. The molecule has 21 heavy (non-hydrogen) atoms. The van der Waals surface area contributed by atoms with Gasteiger partial charge in [0.25, 0.3) is 0 Å². The van der Waals surface area contributed by atoms with Crippen LogP contribution in [-0.4, -0.2) is 17.6 Å². The summed E-state index contributed by atoms with van der Waals surface area (Å²) in [5, 5.41) is 6.73. The lowest BCUT2D eigenvalue weighted by Crippen LogP contribution is -2.25. The van der Waals surface area contributed by atoms with E-state index in [9.17, 15) is 0 Å². The minimum Gasteiger partial charge on any atom is -0.318 e. The molecule has 2 aromatic rings. The van der Waals surface area contributed by atoms with Crippen molar-refractivity contribution >= 4 is 22.2 Å². The Morgan fingerprint density at radius 1 is 1.38 bits per heavy atom.